The molecule has 4 nitrogen and oxygen atoms in total. The summed E-state index contributed by atoms with van der Waals surface area (Å²) in [4.78, 5) is 11.5. The van der Waals surface area contributed by atoms with Gasteiger partial charge in [0.1, 0.15) is 0 Å². The van der Waals surface area contributed by atoms with Gasteiger partial charge in [0.25, 0.3) is 0 Å². The minimum absolute atomic E-state index is 0.0610. The second-order valence-electron chi connectivity index (χ2n) is 5.07. The Hall–Kier alpha value is -0.710. The van der Waals surface area contributed by atoms with Crippen molar-refractivity contribution in [2.24, 2.45) is 17.0 Å². The van der Waals surface area contributed by atoms with Gasteiger partial charge in [-0.1, -0.05) is 5.16 Å². The van der Waals surface area contributed by atoms with Crippen LogP contribution >= 0.6 is 11.8 Å². The van der Waals surface area contributed by atoms with Gasteiger partial charge < -0.3 is 9.94 Å². The molecule has 17 heavy (non-hydrogen) atoms. The molecule has 2 aliphatic rings. The Bertz CT molecular complexity index is 330. The van der Waals surface area contributed by atoms with Crippen LogP contribution in [-0.4, -0.2) is 34.0 Å². The lowest BCUT2D eigenvalue weighted by Crippen LogP contribution is -2.27. The maximum atomic E-state index is 11.5. The summed E-state index contributed by atoms with van der Waals surface area (Å²) in [5.74, 6) is 1.21. The van der Waals surface area contributed by atoms with Gasteiger partial charge in [-0.05, 0) is 39.0 Å². The summed E-state index contributed by atoms with van der Waals surface area (Å²) < 4.78 is 5.10. The Balaban J connectivity index is 1.85. The average Bonchev–Trinajstić information content (AvgIpc) is 2.84. The SMILES string of the molecule is CC(C)OC(=O)CSC1/C(=N\O)C2CCC1C2. The van der Waals surface area contributed by atoms with Crippen LogP contribution in [-0.2, 0) is 9.53 Å². The van der Waals surface area contributed by atoms with Crippen LogP contribution in [0.5, 0.6) is 0 Å². The van der Waals surface area contributed by atoms with Gasteiger partial charge >= 0.3 is 5.97 Å². The molecule has 0 aromatic rings. The first-order valence-corrected chi connectivity index (χ1v) is 7.19. The van der Waals surface area contributed by atoms with Crippen molar-refractivity contribution < 1.29 is 14.7 Å². The Morgan fingerprint density at radius 1 is 1.59 bits per heavy atom. The van der Waals surface area contributed by atoms with E-state index in [4.69, 9.17) is 9.94 Å². The first-order valence-electron chi connectivity index (χ1n) is 6.14. The number of hydrogen-bond acceptors (Lipinski definition) is 5. The van der Waals surface area contributed by atoms with Gasteiger partial charge in [-0.15, -0.1) is 11.8 Å². The van der Waals surface area contributed by atoms with Crippen molar-refractivity contribution in [2.45, 2.75) is 44.5 Å². The lowest BCUT2D eigenvalue weighted by molar-refractivity contribution is -0.144. The van der Waals surface area contributed by atoms with E-state index in [2.05, 4.69) is 5.16 Å². The van der Waals surface area contributed by atoms with Crippen LogP contribution in [0.1, 0.15) is 33.1 Å². The van der Waals surface area contributed by atoms with E-state index in [0.717, 1.165) is 18.6 Å². The van der Waals surface area contributed by atoms with Gasteiger partial charge in [0.05, 0.1) is 22.8 Å². The molecule has 0 saturated heterocycles. The highest BCUT2D eigenvalue weighted by atomic mass is 32.2. The molecule has 2 fully saturated rings. The van der Waals surface area contributed by atoms with Crippen LogP contribution in [0.25, 0.3) is 0 Å². The number of thioether (sulfide) groups is 1. The number of rotatable bonds is 4. The molecule has 2 aliphatic carbocycles. The summed E-state index contributed by atoms with van der Waals surface area (Å²) in [6.45, 7) is 3.70. The zero-order valence-electron chi connectivity index (χ0n) is 10.3. The number of fused-ring (bicyclic) bond motifs is 2. The highest BCUT2D eigenvalue weighted by Gasteiger charge is 2.45. The van der Waals surface area contributed by atoms with E-state index in [1.807, 2.05) is 13.8 Å². The van der Waals surface area contributed by atoms with Crippen molar-refractivity contribution >= 4 is 23.4 Å². The van der Waals surface area contributed by atoms with Crippen molar-refractivity contribution in [3.8, 4) is 0 Å². The quantitative estimate of drug-likeness (QED) is 0.477. The van der Waals surface area contributed by atoms with Gasteiger partial charge in [-0.3, -0.25) is 4.79 Å². The maximum absolute atomic E-state index is 11.5. The zero-order chi connectivity index (χ0) is 12.4. The second kappa shape index (κ2) is 5.29. The number of hydrogen-bond donors (Lipinski definition) is 1. The largest absolute Gasteiger partial charge is 0.462 e. The first kappa shape index (κ1) is 12.7. The summed E-state index contributed by atoms with van der Waals surface area (Å²) in [6.07, 6.45) is 3.39. The standard InChI is InChI=1S/C12H19NO3S/c1-7(2)16-10(14)6-17-12-9-4-3-8(5-9)11(12)13-15/h7-9,12,15H,3-6H2,1-2H3/b13-11-. The monoisotopic (exact) mass is 257 g/mol. The Kier molecular flexibility index (Phi) is 3.97. The van der Waals surface area contributed by atoms with Crippen molar-refractivity contribution in [1.29, 1.82) is 0 Å². The second-order valence-corrected chi connectivity index (χ2v) is 6.20. The third kappa shape index (κ3) is 2.76. The minimum Gasteiger partial charge on any atom is -0.462 e. The van der Waals surface area contributed by atoms with Crippen LogP contribution in [0.3, 0.4) is 0 Å². The Morgan fingerprint density at radius 2 is 2.35 bits per heavy atom. The molecular formula is C12H19NO3S. The van der Waals surface area contributed by atoms with Gasteiger partial charge in [0.2, 0.25) is 0 Å². The number of ether oxygens (including phenoxy) is 1. The zero-order valence-corrected chi connectivity index (χ0v) is 11.1. The third-order valence-electron chi connectivity index (χ3n) is 3.47. The van der Waals surface area contributed by atoms with Crippen LogP contribution in [0.4, 0.5) is 0 Å². The predicted molar refractivity (Wildman–Crippen MR) is 67.5 cm³/mol. The van der Waals surface area contributed by atoms with Crippen LogP contribution < -0.4 is 0 Å². The molecule has 96 valence electrons. The molecule has 0 aliphatic heterocycles. The van der Waals surface area contributed by atoms with Gasteiger partial charge in [0, 0.05) is 5.92 Å². The molecule has 0 heterocycles. The molecule has 2 saturated carbocycles. The molecule has 0 spiro atoms. The number of nitrogens with zero attached hydrogens (tertiary/aromatic N) is 1. The van der Waals surface area contributed by atoms with E-state index < -0.39 is 0 Å². The minimum atomic E-state index is -0.176. The van der Waals surface area contributed by atoms with E-state index in [1.54, 1.807) is 11.8 Å². The number of oxime groups is 1. The molecule has 2 rings (SSSR count). The molecule has 0 radical (unpaired) electrons. The molecule has 2 bridgehead atoms. The number of carbonyl (C=O) groups excluding carboxylic acids is 1. The number of carbonyl (C=O) groups is 1. The summed E-state index contributed by atoms with van der Waals surface area (Å²) in [7, 11) is 0. The van der Waals surface area contributed by atoms with E-state index in [9.17, 15) is 4.79 Å². The molecule has 1 N–H and O–H groups in total. The fourth-order valence-electron chi connectivity index (χ4n) is 2.85. The van der Waals surface area contributed by atoms with Crippen LogP contribution in [0, 0.1) is 11.8 Å². The first-order chi connectivity index (χ1) is 8.11. The van der Waals surface area contributed by atoms with Gasteiger partial charge in [-0.2, -0.15) is 0 Å². The molecule has 0 amide bonds. The smallest absolute Gasteiger partial charge is 0.316 e. The molecule has 3 atom stereocenters. The van der Waals surface area contributed by atoms with Crippen molar-refractivity contribution in [3.05, 3.63) is 0 Å². The molecule has 0 aromatic heterocycles. The molecule has 5 heteroatoms. The van der Waals surface area contributed by atoms with Gasteiger partial charge in [-0.25, -0.2) is 0 Å². The lowest BCUT2D eigenvalue weighted by atomic mass is 9.98. The predicted octanol–water partition coefficient (Wildman–Crippen LogP) is 2.30. The summed E-state index contributed by atoms with van der Waals surface area (Å²) >= 11 is 1.56. The Labute approximate surface area is 106 Å². The summed E-state index contributed by atoms with van der Waals surface area (Å²) in [5, 5.41) is 12.7. The van der Waals surface area contributed by atoms with E-state index in [0.29, 0.717) is 17.6 Å². The Morgan fingerprint density at radius 3 is 3.00 bits per heavy atom. The average molecular weight is 257 g/mol. The topological polar surface area (TPSA) is 58.9 Å². The fraction of sp³-hybridized carbons (Fsp3) is 0.833. The molecule has 3 unspecified atom stereocenters. The van der Waals surface area contributed by atoms with Crippen molar-refractivity contribution in [3.63, 3.8) is 0 Å². The maximum Gasteiger partial charge on any atom is 0.316 e. The van der Waals surface area contributed by atoms with E-state index >= 15 is 0 Å². The fourth-order valence-corrected chi connectivity index (χ4v) is 4.16. The van der Waals surface area contributed by atoms with Crippen LogP contribution in [0.15, 0.2) is 5.16 Å². The van der Waals surface area contributed by atoms with Crippen LogP contribution in [0.2, 0.25) is 0 Å². The summed E-state index contributed by atoms with van der Waals surface area (Å²) in [5.41, 5.74) is 0.892. The number of esters is 1. The normalized spacial score (nSPS) is 33.6. The van der Waals surface area contributed by atoms with E-state index in [1.165, 1.54) is 6.42 Å². The van der Waals surface area contributed by atoms with Crippen molar-refractivity contribution in [2.75, 3.05) is 5.75 Å². The third-order valence-corrected chi connectivity index (χ3v) is 4.86. The van der Waals surface area contributed by atoms with E-state index in [-0.39, 0.29) is 17.3 Å². The summed E-state index contributed by atoms with van der Waals surface area (Å²) in [6, 6.07) is 0. The van der Waals surface area contributed by atoms with Gasteiger partial charge in [0.15, 0.2) is 0 Å². The highest BCUT2D eigenvalue weighted by molar-refractivity contribution is 8.01. The molecule has 0 aromatic carbocycles. The highest BCUT2D eigenvalue weighted by Crippen LogP contribution is 2.47. The molecular weight excluding hydrogens is 238 g/mol. The van der Waals surface area contributed by atoms with Crippen molar-refractivity contribution in [1.82, 2.24) is 0 Å². The lowest BCUT2D eigenvalue weighted by Gasteiger charge is -2.21.